The van der Waals surface area contributed by atoms with Crippen molar-refractivity contribution in [3.05, 3.63) is 59.2 Å². The number of benzene rings is 2. The van der Waals surface area contributed by atoms with Gasteiger partial charge in [-0.2, -0.15) is 0 Å². The summed E-state index contributed by atoms with van der Waals surface area (Å²) in [6, 6.07) is 13.2. The smallest absolute Gasteiger partial charge is 0.231 e. The number of aryl methyl sites for hydroxylation is 1. The molecular formula is C19H20N2O3. The lowest BCUT2D eigenvalue weighted by molar-refractivity contribution is -0.119. The fourth-order valence-corrected chi connectivity index (χ4v) is 3.13. The summed E-state index contributed by atoms with van der Waals surface area (Å²) in [5.41, 5.74) is 8.98. The SMILES string of the molecule is COc1cc(CC(=O)N2CC(C(N)=O)c3ccccc32)ccc1C. The van der Waals surface area contributed by atoms with Crippen molar-refractivity contribution >= 4 is 17.5 Å². The van der Waals surface area contributed by atoms with Gasteiger partial charge in [-0.1, -0.05) is 30.3 Å². The Kier molecular flexibility index (Phi) is 4.25. The van der Waals surface area contributed by atoms with Gasteiger partial charge in [0, 0.05) is 12.2 Å². The van der Waals surface area contributed by atoms with E-state index in [0.29, 0.717) is 6.54 Å². The molecule has 1 atom stereocenters. The van der Waals surface area contributed by atoms with Crippen molar-refractivity contribution in [3.63, 3.8) is 0 Å². The fourth-order valence-electron chi connectivity index (χ4n) is 3.13. The van der Waals surface area contributed by atoms with E-state index in [1.54, 1.807) is 12.0 Å². The zero-order chi connectivity index (χ0) is 17.3. The molecule has 2 N–H and O–H groups in total. The van der Waals surface area contributed by atoms with E-state index < -0.39 is 11.8 Å². The fraction of sp³-hybridized carbons (Fsp3) is 0.263. The molecule has 0 bridgehead atoms. The summed E-state index contributed by atoms with van der Waals surface area (Å²) >= 11 is 0. The van der Waals surface area contributed by atoms with Crippen molar-refractivity contribution in [2.45, 2.75) is 19.3 Å². The Hall–Kier alpha value is -2.82. The number of nitrogens with two attached hydrogens (primary N) is 1. The van der Waals surface area contributed by atoms with Crippen LogP contribution in [0.2, 0.25) is 0 Å². The predicted octanol–water partition coefficient (Wildman–Crippen LogP) is 2.16. The third-order valence-electron chi connectivity index (χ3n) is 4.44. The molecule has 0 aromatic heterocycles. The quantitative estimate of drug-likeness (QED) is 0.937. The normalized spacial score (nSPS) is 15.9. The van der Waals surface area contributed by atoms with Gasteiger partial charge < -0.3 is 15.4 Å². The Labute approximate surface area is 141 Å². The molecule has 3 rings (SSSR count). The van der Waals surface area contributed by atoms with Gasteiger partial charge >= 0.3 is 0 Å². The Morgan fingerprint density at radius 2 is 2.00 bits per heavy atom. The van der Waals surface area contributed by atoms with Crippen LogP contribution in [0.4, 0.5) is 5.69 Å². The van der Waals surface area contributed by atoms with Gasteiger partial charge in [-0.15, -0.1) is 0 Å². The number of hydrogen-bond acceptors (Lipinski definition) is 3. The number of carbonyl (C=O) groups excluding carboxylic acids is 2. The van der Waals surface area contributed by atoms with Crippen LogP contribution >= 0.6 is 0 Å². The molecule has 124 valence electrons. The number of amides is 2. The van der Waals surface area contributed by atoms with Crippen molar-refractivity contribution in [1.82, 2.24) is 0 Å². The number of primary amides is 1. The summed E-state index contributed by atoms with van der Waals surface area (Å²) in [4.78, 5) is 26.1. The van der Waals surface area contributed by atoms with Gasteiger partial charge in [0.25, 0.3) is 0 Å². The Balaban J connectivity index is 1.85. The highest BCUT2D eigenvalue weighted by Crippen LogP contribution is 2.36. The molecule has 5 nitrogen and oxygen atoms in total. The Morgan fingerprint density at radius 1 is 1.25 bits per heavy atom. The number of nitrogens with zero attached hydrogens (tertiary/aromatic N) is 1. The van der Waals surface area contributed by atoms with Crippen LogP contribution in [0.25, 0.3) is 0 Å². The first-order valence-electron chi connectivity index (χ1n) is 7.83. The van der Waals surface area contributed by atoms with Crippen molar-refractivity contribution < 1.29 is 14.3 Å². The maximum absolute atomic E-state index is 12.8. The third-order valence-corrected chi connectivity index (χ3v) is 4.44. The summed E-state index contributed by atoms with van der Waals surface area (Å²) in [6.07, 6.45) is 0.246. The van der Waals surface area contributed by atoms with E-state index in [-0.39, 0.29) is 12.3 Å². The van der Waals surface area contributed by atoms with Crippen LogP contribution < -0.4 is 15.4 Å². The molecule has 0 saturated heterocycles. The van der Waals surface area contributed by atoms with E-state index in [4.69, 9.17) is 10.5 Å². The maximum atomic E-state index is 12.8. The minimum absolute atomic E-state index is 0.0582. The highest BCUT2D eigenvalue weighted by atomic mass is 16.5. The number of rotatable bonds is 4. The lowest BCUT2D eigenvalue weighted by atomic mass is 10.0. The van der Waals surface area contributed by atoms with Crippen molar-refractivity contribution in [2.24, 2.45) is 5.73 Å². The van der Waals surface area contributed by atoms with Crippen LogP contribution in [-0.2, 0) is 16.0 Å². The molecule has 2 amide bonds. The number of ether oxygens (including phenoxy) is 1. The molecule has 0 spiro atoms. The topological polar surface area (TPSA) is 72.6 Å². The lowest BCUT2D eigenvalue weighted by Gasteiger charge is -2.18. The van der Waals surface area contributed by atoms with E-state index in [2.05, 4.69) is 0 Å². The van der Waals surface area contributed by atoms with Crippen LogP contribution in [0.3, 0.4) is 0 Å². The predicted molar refractivity (Wildman–Crippen MR) is 92.2 cm³/mol. The van der Waals surface area contributed by atoms with Gasteiger partial charge in [-0.05, 0) is 35.7 Å². The van der Waals surface area contributed by atoms with E-state index in [1.807, 2.05) is 49.4 Å². The number of anilines is 1. The van der Waals surface area contributed by atoms with Gasteiger partial charge in [-0.3, -0.25) is 9.59 Å². The Morgan fingerprint density at radius 3 is 2.71 bits per heavy atom. The second-order valence-electron chi connectivity index (χ2n) is 6.00. The molecule has 1 aliphatic rings. The first-order valence-corrected chi connectivity index (χ1v) is 7.83. The molecule has 2 aromatic rings. The maximum Gasteiger partial charge on any atom is 0.231 e. The zero-order valence-corrected chi connectivity index (χ0v) is 13.8. The average Bonchev–Trinajstić information content (AvgIpc) is 2.96. The second kappa shape index (κ2) is 6.35. The number of carbonyl (C=O) groups is 2. The molecular weight excluding hydrogens is 304 g/mol. The first-order chi connectivity index (χ1) is 11.5. The highest BCUT2D eigenvalue weighted by molar-refractivity contribution is 6.00. The number of methoxy groups -OCH3 is 1. The monoisotopic (exact) mass is 324 g/mol. The van der Waals surface area contributed by atoms with E-state index in [9.17, 15) is 9.59 Å². The second-order valence-corrected chi connectivity index (χ2v) is 6.00. The van der Waals surface area contributed by atoms with Gasteiger partial charge in [0.15, 0.2) is 0 Å². The largest absolute Gasteiger partial charge is 0.496 e. The molecule has 2 aromatic carbocycles. The van der Waals surface area contributed by atoms with Gasteiger partial charge in [0.05, 0.1) is 19.4 Å². The molecule has 1 heterocycles. The highest BCUT2D eigenvalue weighted by Gasteiger charge is 2.35. The Bertz CT molecular complexity index is 801. The van der Waals surface area contributed by atoms with Gasteiger partial charge in [0.1, 0.15) is 5.75 Å². The van der Waals surface area contributed by atoms with Crippen LogP contribution in [0, 0.1) is 6.92 Å². The summed E-state index contributed by atoms with van der Waals surface area (Å²) < 4.78 is 5.31. The van der Waals surface area contributed by atoms with E-state index in [1.165, 1.54) is 0 Å². The molecule has 0 aliphatic carbocycles. The molecule has 0 saturated carbocycles. The van der Waals surface area contributed by atoms with Crippen LogP contribution in [0.15, 0.2) is 42.5 Å². The van der Waals surface area contributed by atoms with Crippen molar-refractivity contribution in [2.75, 3.05) is 18.6 Å². The zero-order valence-electron chi connectivity index (χ0n) is 13.8. The number of para-hydroxylation sites is 1. The van der Waals surface area contributed by atoms with E-state index >= 15 is 0 Å². The minimum atomic E-state index is -0.447. The van der Waals surface area contributed by atoms with Crippen molar-refractivity contribution in [1.29, 1.82) is 0 Å². The number of hydrogen-bond donors (Lipinski definition) is 1. The summed E-state index contributed by atoms with van der Waals surface area (Å²) in [5, 5.41) is 0. The van der Waals surface area contributed by atoms with Crippen molar-refractivity contribution in [3.8, 4) is 5.75 Å². The molecule has 0 radical (unpaired) electrons. The summed E-state index contributed by atoms with van der Waals surface area (Å²) in [6.45, 7) is 2.26. The minimum Gasteiger partial charge on any atom is -0.496 e. The van der Waals surface area contributed by atoms with Crippen LogP contribution in [0.1, 0.15) is 22.6 Å². The van der Waals surface area contributed by atoms with Crippen LogP contribution in [-0.4, -0.2) is 25.5 Å². The first kappa shape index (κ1) is 16.1. The molecule has 0 fully saturated rings. The molecule has 5 heteroatoms. The number of fused-ring (bicyclic) bond motifs is 1. The average molecular weight is 324 g/mol. The molecule has 24 heavy (non-hydrogen) atoms. The third kappa shape index (κ3) is 2.85. The lowest BCUT2D eigenvalue weighted by Crippen LogP contribution is -2.33. The van der Waals surface area contributed by atoms with E-state index in [0.717, 1.165) is 28.1 Å². The van der Waals surface area contributed by atoms with Crippen LogP contribution in [0.5, 0.6) is 5.75 Å². The molecule has 1 aliphatic heterocycles. The summed E-state index contributed by atoms with van der Waals surface area (Å²) in [5.74, 6) is -0.151. The van der Waals surface area contributed by atoms with Gasteiger partial charge in [0.2, 0.25) is 11.8 Å². The summed E-state index contributed by atoms with van der Waals surface area (Å²) in [7, 11) is 1.61. The van der Waals surface area contributed by atoms with Gasteiger partial charge in [-0.25, -0.2) is 0 Å². The standard InChI is InChI=1S/C19H20N2O3/c1-12-7-8-13(9-17(12)24-2)10-18(22)21-11-15(19(20)23)14-5-3-4-6-16(14)21/h3-9,15H,10-11H2,1-2H3,(H2,20,23). The molecule has 1 unspecified atom stereocenters.